The van der Waals surface area contributed by atoms with E-state index >= 15 is 0 Å². The summed E-state index contributed by atoms with van der Waals surface area (Å²) < 4.78 is 10.9. The van der Waals surface area contributed by atoms with E-state index in [0.29, 0.717) is 0 Å². The lowest BCUT2D eigenvalue weighted by molar-refractivity contribution is -0.241. The summed E-state index contributed by atoms with van der Waals surface area (Å²) in [5.74, 6) is -3.12. The number of carbonyl (C=O) groups excluding carboxylic acids is 2. The van der Waals surface area contributed by atoms with Gasteiger partial charge in [0.05, 0.1) is 0 Å². The van der Waals surface area contributed by atoms with Crippen molar-refractivity contribution in [3.63, 3.8) is 0 Å². The number of aromatic nitrogens is 2. The Kier molecular flexibility index (Phi) is 6.06. The van der Waals surface area contributed by atoms with Crippen molar-refractivity contribution in [2.24, 2.45) is 11.8 Å². The molecule has 0 spiro atoms. The Labute approximate surface area is 166 Å². The van der Waals surface area contributed by atoms with Crippen molar-refractivity contribution in [3.8, 4) is 0 Å². The van der Waals surface area contributed by atoms with Crippen LogP contribution in [0, 0.1) is 11.8 Å². The van der Waals surface area contributed by atoms with Crippen LogP contribution in [0.5, 0.6) is 0 Å². The van der Waals surface area contributed by atoms with Crippen molar-refractivity contribution in [2.75, 3.05) is 0 Å². The molecule has 3 heterocycles. The van der Waals surface area contributed by atoms with Crippen molar-refractivity contribution >= 4 is 23.0 Å². The Balaban J connectivity index is 0.00000109. The summed E-state index contributed by atoms with van der Waals surface area (Å²) in [6.07, 6.45) is 9.04. The van der Waals surface area contributed by atoms with Gasteiger partial charge in [0.2, 0.25) is 0 Å². The molecule has 6 heteroatoms. The number of carbonyl (C=O) groups is 2. The topological polar surface area (TPSA) is 81.3 Å². The third kappa shape index (κ3) is 3.91. The molecule has 1 saturated heterocycles. The van der Waals surface area contributed by atoms with Gasteiger partial charge in [0.25, 0.3) is 5.79 Å². The maximum Gasteiger partial charge on any atom is 0.324 e. The average Bonchev–Trinajstić information content (AvgIpc) is 3.10. The highest BCUT2D eigenvalue weighted by atomic mass is 16.7. The third-order valence-corrected chi connectivity index (χ3v) is 5.56. The number of hydrogen-bond donors (Lipinski definition) is 1. The van der Waals surface area contributed by atoms with Gasteiger partial charge >= 0.3 is 11.9 Å². The monoisotopic (exact) mass is 386 g/mol. The van der Waals surface area contributed by atoms with Crippen LogP contribution < -0.4 is 0 Å². The third-order valence-electron chi connectivity index (χ3n) is 5.56. The molecule has 4 rings (SSSR count). The van der Waals surface area contributed by atoms with Gasteiger partial charge < -0.3 is 14.5 Å². The van der Waals surface area contributed by atoms with Crippen LogP contribution in [0.4, 0.5) is 0 Å². The summed E-state index contributed by atoms with van der Waals surface area (Å²) in [6.45, 7) is 7.18. The molecule has 2 fully saturated rings. The van der Waals surface area contributed by atoms with Gasteiger partial charge in [0, 0.05) is 37.5 Å². The van der Waals surface area contributed by atoms with Crippen LogP contribution in [0.15, 0.2) is 24.5 Å². The summed E-state index contributed by atoms with van der Waals surface area (Å²) >= 11 is 0. The zero-order valence-electron chi connectivity index (χ0n) is 17.2. The zero-order chi connectivity index (χ0) is 20.3. The number of nitrogens with zero attached hydrogens (tertiary/aromatic N) is 1. The van der Waals surface area contributed by atoms with Crippen molar-refractivity contribution < 1.29 is 19.1 Å². The summed E-state index contributed by atoms with van der Waals surface area (Å²) in [5.41, 5.74) is 1.72. The first-order valence-electron chi connectivity index (χ1n) is 10.3. The van der Waals surface area contributed by atoms with E-state index < -0.39 is 23.6 Å². The first-order chi connectivity index (χ1) is 13.5. The molecule has 1 unspecified atom stereocenters. The Hall–Kier alpha value is -2.37. The van der Waals surface area contributed by atoms with E-state index in [0.717, 1.165) is 42.3 Å². The number of rotatable bonds is 3. The molecule has 2 aliphatic rings. The molecule has 2 aromatic heterocycles. The summed E-state index contributed by atoms with van der Waals surface area (Å²) in [4.78, 5) is 33.1. The van der Waals surface area contributed by atoms with Gasteiger partial charge in [-0.05, 0) is 36.5 Å². The van der Waals surface area contributed by atoms with Crippen molar-refractivity contribution in [1.29, 1.82) is 0 Å². The van der Waals surface area contributed by atoms with E-state index in [1.54, 1.807) is 20.0 Å². The van der Waals surface area contributed by atoms with Crippen LogP contribution >= 0.6 is 0 Å². The SMILES string of the molecule is CC.CC1(C)OC(=O)C(C(c2c[nH]c3ncccc23)C2CCCCC2)C(=O)O1. The average molecular weight is 386 g/mol. The Bertz CT molecular complexity index is 816. The summed E-state index contributed by atoms with van der Waals surface area (Å²) in [7, 11) is 0. The van der Waals surface area contributed by atoms with Gasteiger partial charge in [0.15, 0.2) is 5.92 Å². The lowest BCUT2D eigenvalue weighted by Crippen LogP contribution is -2.49. The molecule has 0 amide bonds. The quantitative estimate of drug-likeness (QED) is 0.610. The molecule has 0 radical (unpaired) electrons. The Morgan fingerprint density at radius 2 is 1.75 bits per heavy atom. The lowest BCUT2D eigenvalue weighted by Gasteiger charge is -2.39. The second kappa shape index (κ2) is 8.33. The van der Waals surface area contributed by atoms with Crippen LogP contribution in [-0.2, 0) is 19.1 Å². The van der Waals surface area contributed by atoms with Crippen LogP contribution in [-0.4, -0.2) is 27.7 Å². The molecule has 1 aliphatic carbocycles. The summed E-state index contributed by atoms with van der Waals surface area (Å²) in [6, 6.07) is 3.85. The number of pyridine rings is 1. The van der Waals surface area contributed by atoms with E-state index in [4.69, 9.17) is 9.47 Å². The minimum absolute atomic E-state index is 0.245. The Morgan fingerprint density at radius 3 is 2.39 bits per heavy atom. The number of hydrogen-bond acceptors (Lipinski definition) is 5. The van der Waals surface area contributed by atoms with Gasteiger partial charge in [-0.25, -0.2) is 4.98 Å². The number of H-pyrrole nitrogens is 1. The molecule has 1 atom stereocenters. The highest BCUT2D eigenvalue weighted by Crippen LogP contribution is 2.45. The number of ether oxygens (including phenoxy) is 2. The smallest absolute Gasteiger partial charge is 0.324 e. The second-order valence-electron chi connectivity index (χ2n) is 7.79. The lowest BCUT2D eigenvalue weighted by atomic mass is 9.70. The summed E-state index contributed by atoms with van der Waals surface area (Å²) in [5, 5.41) is 0.952. The molecule has 2 aromatic rings. The highest BCUT2D eigenvalue weighted by Gasteiger charge is 2.50. The fourth-order valence-corrected chi connectivity index (χ4v) is 4.47. The number of cyclic esters (lactones) is 2. The maximum absolute atomic E-state index is 12.8. The highest BCUT2D eigenvalue weighted by molar-refractivity contribution is 5.98. The molecule has 152 valence electrons. The van der Waals surface area contributed by atoms with Crippen LogP contribution in [0.3, 0.4) is 0 Å². The predicted octanol–water partition coefficient (Wildman–Crippen LogP) is 4.71. The van der Waals surface area contributed by atoms with Crippen LogP contribution in [0.2, 0.25) is 0 Å². The maximum atomic E-state index is 12.8. The van der Waals surface area contributed by atoms with Crippen molar-refractivity contribution in [3.05, 3.63) is 30.1 Å². The number of nitrogens with one attached hydrogen (secondary N) is 1. The van der Waals surface area contributed by atoms with Gasteiger partial charge in [-0.15, -0.1) is 0 Å². The minimum Gasteiger partial charge on any atom is -0.422 e. The van der Waals surface area contributed by atoms with Crippen LogP contribution in [0.25, 0.3) is 11.0 Å². The number of aromatic amines is 1. The van der Waals surface area contributed by atoms with Gasteiger partial charge in [-0.3, -0.25) is 9.59 Å². The van der Waals surface area contributed by atoms with E-state index in [-0.39, 0.29) is 11.8 Å². The fraction of sp³-hybridized carbons (Fsp3) is 0.591. The first-order valence-corrected chi connectivity index (χ1v) is 10.3. The van der Waals surface area contributed by atoms with E-state index in [9.17, 15) is 9.59 Å². The molecule has 0 aromatic carbocycles. The molecule has 0 bridgehead atoms. The normalized spacial score (nSPS) is 21.4. The molecular weight excluding hydrogens is 356 g/mol. The van der Waals surface area contributed by atoms with Crippen LogP contribution in [0.1, 0.15) is 71.3 Å². The molecule has 6 nitrogen and oxygen atoms in total. The fourth-order valence-electron chi connectivity index (χ4n) is 4.47. The Morgan fingerprint density at radius 1 is 1.11 bits per heavy atom. The van der Waals surface area contributed by atoms with Gasteiger partial charge in [-0.2, -0.15) is 0 Å². The molecule has 1 N–H and O–H groups in total. The molecular formula is C22H30N2O4. The molecule has 1 saturated carbocycles. The van der Waals surface area contributed by atoms with E-state index in [2.05, 4.69) is 9.97 Å². The number of esters is 2. The van der Waals surface area contributed by atoms with E-state index in [1.165, 1.54) is 6.42 Å². The minimum atomic E-state index is -1.20. The second-order valence-corrected chi connectivity index (χ2v) is 7.79. The van der Waals surface area contributed by atoms with E-state index in [1.807, 2.05) is 32.2 Å². The largest absolute Gasteiger partial charge is 0.422 e. The van der Waals surface area contributed by atoms with Crippen molar-refractivity contribution in [1.82, 2.24) is 9.97 Å². The van der Waals surface area contributed by atoms with Crippen molar-refractivity contribution in [2.45, 2.75) is 71.5 Å². The van der Waals surface area contributed by atoms with Gasteiger partial charge in [0.1, 0.15) is 5.65 Å². The zero-order valence-corrected chi connectivity index (χ0v) is 17.2. The molecule has 1 aliphatic heterocycles. The number of fused-ring (bicyclic) bond motifs is 1. The predicted molar refractivity (Wildman–Crippen MR) is 107 cm³/mol. The van der Waals surface area contributed by atoms with Gasteiger partial charge in [-0.1, -0.05) is 33.1 Å². The molecule has 28 heavy (non-hydrogen) atoms. The first kappa shape index (κ1) is 20.4. The standard InChI is InChI=1S/C20H24N2O4.C2H6/c1-20(2)25-18(23)16(19(24)26-20)15(12-7-4-3-5-8-12)14-11-22-17-13(14)9-6-10-21-17;1-2/h6,9-12,15-16H,3-5,7-8H2,1-2H3,(H,21,22);1-2H3.